The van der Waals surface area contributed by atoms with Crippen molar-refractivity contribution in [1.82, 2.24) is 9.97 Å². The standard InChI is InChI=1S/C25H16N2/c1-2-7-17-14-19(12-11-16(17)6-1)24-21-15-18-8-3-4-9-20(18)23(21)25-22(27-24)10-5-13-26-25/h1-14H,15H2. The Hall–Kier alpha value is -3.52. The Bertz CT molecular complexity index is 1350. The lowest BCUT2D eigenvalue weighted by atomic mass is 9.97. The molecular weight excluding hydrogens is 328 g/mol. The zero-order valence-corrected chi connectivity index (χ0v) is 14.7. The van der Waals surface area contributed by atoms with Crippen LogP contribution in [0.3, 0.4) is 0 Å². The Balaban J connectivity index is 1.70. The van der Waals surface area contributed by atoms with Gasteiger partial charge >= 0.3 is 0 Å². The van der Waals surface area contributed by atoms with Gasteiger partial charge in [0.05, 0.1) is 16.7 Å². The van der Waals surface area contributed by atoms with Gasteiger partial charge in [-0.1, -0.05) is 60.7 Å². The van der Waals surface area contributed by atoms with Gasteiger partial charge in [0.25, 0.3) is 0 Å². The summed E-state index contributed by atoms with van der Waals surface area (Å²) < 4.78 is 0. The lowest BCUT2D eigenvalue weighted by Crippen LogP contribution is -1.96. The van der Waals surface area contributed by atoms with E-state index >= 15 is 0 Å². The van der Waals surface area contributed by atoms with Crippen molar-refractivity contribution in [3.8, 4) is 22.4 Å². The molecule has 2 nitrogen and oxygen atoms in total. The zero-order chi connectivity index (χ0) is 17.8. The number of hydrogen-bond donors (Lipinski definition) is 0. The lowest BCUT2D eigenvalue weighted by molar-refractivity contribution is 1.22. The SMILES string of the molecule is c1ccc2c(c1)Cc1c(-c3ccc4ccccc4c3)nc3cccnc3c1-2. The molecule has 0 saturated carbocycles. The maximum absolute atomic E-state index is 5.04. The monoisotopic (exact) mass is 344 g/mol. The second kappa shape index (κ2) is 5.49. The number of rotatable bonds is 1. The number of benzene rings is 3. The van der Waals surface area contributed by atoms with Gasteiger partial charge < -0.3 is 0 Å². The fourth-order valence-electron chi connectivity index (χ4n) is 4.28. The van der Waals surface area contributed by atoms with Crippen LogP contribution in [0.25, 0.3) is 44.2 Å². The van der Waals surface area contributed by atoms with Crippen molar-refractivity contribution in [2.45, 2.75) is 6.42 Å². The first-order valence-electron chi connectivity index (χ1n) is 9.23. The van der Waals surface area contributed by atoms with Crippen molar-refractivity contribution in [3.05, 3.63) is 96.2 Å². The number of hydrogen-bond acceptors (Lipinski definition) is 2. The molecule has 0 radical (unpaired) electrons. The van der Waals surface area contributed by atoms with Gasteiger partial charge in [0.15, 0.2) is 0 Å². The number of pyridine rings is 2. The van der Waals surface area contributed by atoms with Crippen LogP contribution in [0.4, 0.5) is 0 Å². The molecule has 0 unspecified atom stereocenters. The molecule has 0 amide bonds. The van der Waals surface area contributed by atoms with Gasteiger partial charge in [-0.2, -0.15) is 0 Å². The predicted octanol–water partition coefficient (Wildman–Crippen LogP) is 6.02. The van der Waals surface area contributed by atoms with E-state index in [-0.39, 0.29) is 0 Å². The van der Waals surface area contributed by atoms with E-state index in [4.69, 9.17) is 4.98 Å². The maximum atomic E-state index is 5.04. The fraction of sp³-hybridized carbons (Fsp3) is 0.0400. The van der Waals surface area contributed by atoms with Gasteiger partial charge in [0.1, 0.15) is 0 Å². The molecule has 6 rings (SSSR count). The van der Waals surface area contributed by atoms with Gasteiger partial charge in [-0.3, -0.25) is 4.98 Å². The Kier molecular flexibility index (Phi) is 2.97. The first-order valence-corrected chi connectivity index (χ1v) is 9.23. The fourth-order valence-corrected chi connectivity index (χ4v) is 4.28. The molecule has 3 aromatic carbocycles. The Morgan fingerprint density at radius 1 is 0.741 bits per heavy atom. The second-order valence-corrected chi connectivity index (χ2v) is 7.08. The number of nitrogens with zero attached hydrogens (tertiary/aromatic N) is 2. The summed E-state index contributed by atoms with van der Waals surface area (Å²) in [5.41, 5.74) is 9.39. The number of aromatic nitrogens is 2. The van der Waals surface area contributed by atoms with E-state index in [1.54, 1.807) is 0 Å². The van der Waals surface area contributed by atoms with Gasteiger partial charge in [-0.25, -0.2) is 4.98 Å². The third kappa shape index (κ3) is 2.13. The van der Waals surface area contributed by atoms with E-state index in [9.17, 15) is 0 Å². The van der Waals surface area contributed by atoms with Crippen molar-refractivity contribution >= 4 is 21.8 Å². The molecule has 0 N–H and O–H groups in total. The highest BCUT2D eigenvalue weighted by molar-refractivity contribution is 6.00. The zero-order valence-electron chi connectivity index (χ0n) is 14.7. The molecule has 2 heterocycles. The van der Waals surface area contributed by atoms with Crippen LogP contribution >= 0.6 is 0 Å². The van der Waals surface area contributed by atoms with Gasteiger partial charge in [0.2, 0.25) is 0 Å². The summed E-state index contributed by atoms with van der Waals surface area (Å²) in [6.07, 6.45) is 2.77. The van der Waals surface area contributed by atoms with Crippen LogP contribution in [0.15, 0.2) is 85.1 Å². The van der Waals surface area contributed by atoms with Gasteiger partial charge in [-0.05, 0) is 45.7 Å². The molecule has 5 aromatic rings. The van der Waals surface area contributed by atoms with E-state index in [1.807, 2.05) is 12.3 Å². The smallest absolute Gasteiger partial charge is 0.0968 e. The molecule has 2 aromatic heterocycles. The Morgan fingerprint density at radius 2 is 1.59 bits per heavy atom. The summed E-state index contributed by atoms with van der Waals surface area (Å²) in [6, 6.07) is 27.8. The third-order valence-electron chi connectivity index (χ3n) is 5.52. The molecule has 0 atom stereocenters. The quantitative estimate of drug-likeness (QED) is 0.364. The van der Waals surface area contributed by atoms with E-state index in [1.165, 1.54) is 38.6 Å². The highest BCUT2D eigenvalue weighted by atomic mass is 14.8. The van der Waals surface area contributed by atoms with E-state index in [0.717, 1.165) is 23.1 Å². The third-order valence-corrected chi connectivity index (χ3v) is 5.52. The second-order valence-electron chi connectivity index (χ2n) is 7.08. The molecule has 1 aliphatic rings. The molecule has 0 aliphatic heterocycles. The molecular formula is C25H16N2. The van der Waals surface area contributed by atoms with Crippen LogP contribution in [0.1, 0.15) is 11.1 Å². The molecule has 0 saturated heterocycles. The van der Waals surface area contributed by atoms with E-state index < -0.39 is 0 Å². The van der Waals surface area contributed by atoms with E-state index in [0.29, 0.717) is 0 Å². The summed E-state index contributed by atoms with van der Waals surface area (Å²) in [6.45, 7) is 0. The Labute approximate surface area is 157 Å². The molecule has 1 aliphatic carbocycles. The average Bonchev–Trinajstić information content (AvgIpc) is 3.13. The molecule has 27 heavy (non-hydrogen) atoms. The molecule has 2 heteroatoms. The van der Waals surface area contributed by atoms with Crippen LogP contribution in [-0.2, 0) is 6.42 Å². The minimum absolute atomic E-state index is 0.910. The maximum Gasteiger partial charge on any atom is 0.0968 e. The van der Waals surface area contributed by atoms with Gasteiger partial charge in [0, 0.05) is 23.7 Å². The summed E-state index contributed by atoms with van der Waals surface area (Å²) in [4.78, 5) is 9.72. The predicted molar refractivity (Wildman–Crippen MR) is 111 cm³/mol. The summed E-state index contributed by atoms with van der Waals surface area (Å²) >= 11 is 0. The van der Waals surface area contributed by atoms with Crippen molar-refractivity contribution in [3.63, 3.8) is 0 Å². The molecule has 0 fully saturated rings. The topological polar surface area (TPSA) is 25.8 Å². The minimum atomic E-state index is 0.910. The first kappa shape index (κ1) is 14.6. The van der Waals surface area contributed by atoms with Gasteiger partial charge in [-0.15, -0.1) is 0 Å². The minimum Gasteiger partial charge on any atom is -0.254 e. The normalized spacial score (nSPS) is 12.3. The molecule has 0 spiro atoms. The van der Waals surface area contributed by atoms with Crippen molar-refractivity contribution in [2.24, 2.45) is 0 Å². The van der Waals surface area contributed by atoms with Crippen LogP contribution in [0, 0.1) is 0 Å². The molecule has 0 bridgehead atoms. The lowest BCUT2D eigenvalue weighted by Gasteiger charge is -2.12. The van der Waals surface area contributed by atoms with E-state index in [2.05, 4.69) is 77.8 Å². The summed E-state index contributed by atoms with van der Waals surface area (Å²) in [7, 11) is 0. The Morgan fingerprint density at radius 3 is 2.56 bits per heavy atom. The largest absolute Gasteiger partial charge is 0.254 e. The van der Waals surface area contributed by atoms with Crippen LogP contribution in [-0.4, -0.2) is 9.97 Å². The van der Waals surface area contributed by atoms with Crippen molar-refractivity contribution in [1.29, 1.82) is 0 Å². The van der Waals surface area contributed by atoms with Crippen LogP contribution < -0.4 is 0 Å². The van der Waals surface area contributed by atoms with Crippen LogP contribution in [0.2, 0.25) is 0 Å². The first-order chi connectivity index (χ1) is 13.4. The van der Waals surface area contributed by atoms with Crippen molar-refractivity contribution in [2.75, 3.05) is 0 Å². The highest BCUT2D eigenvalue weighted by Gasteiger charge is 2.26. The molecule has 126 valence electrons. The highest BCUT2D eigenvalue weighted by Crippen LogP contribution is 2.44. The van der Waals surface area contributed by atoms with Crippen molar-refractivity contribution < 1.29 is 0 Å². The van der Waals surface area contributed by atoms with Crippen LogP contribution in [0.5, 0.6) is 0 Å². The summed E-state index contributed by atoms with van der Waals surface area (Å²) in [5, 5.41) is 2.50. The average molecular weight is 344 g/mol. The summed E-state index contributed by atoms with van der Waals surface area (Å²) in [5.74, 6) is 0. The number of fused-ring (bicyclic) bond motifs is 6.